The summed E-state index contributed by atoms with van der Waals surface area (Å²) in [5, 5.41) is 14.8. The summed E-state index contributed by atoms with van der Waals surface area (Å²) in [6, 6.07) is 15.1. The van der Waals surface area contributed by atoms with Crippen LogP contribution in [0.25, 0.3) is 0 Å². The first-order valence-electron chi connectivity index (χ1n) is 8.64. The number of nitriles is 1. The van der Waals surface area contributed by atoms with Crippen LogP contribution in [0.4, 0.5) is 5.82 Å². The van der Waals surface area contributed by atoms with E-state index >= 15 is 0 Å². The molecule has 3 heterocycles. The minimum Gasteiger partial charge on any atom is -0.366 e. The van der Waals surface area contributed by atoms with Crippen molar-refractivity contribution in [3.8, 4) is 6.07 Å². The molecule has 6 heteroatoms. The number of aromatic nitrogens is 2. The third-order valence-corrected chi connectivity index (χ3v) is 5.75. The fourth-order valence-electron chi connectivity index (χ4n) is 3.41. The fraction of sp³-hybridized carbons (Fsp3) is 0.250. The van der Waals surface area contributed by atoms with Crippen molar-refractivity contribution in [3.05, 3.63) is 75.9 Å². The monoisotopic (exact) mass is 361 g/mol. The molecule has 1 unspecified atom stereocenters. The van der Waals surface area contributed by atoms with Gasteiger partial charge in [-0.05, 0) is 29.0 Å². The quantitative estimate of drug-likeness (QED) is 0.752. The zero-order chi connectivity index (χ0) is 17.8. The van der Waals surface area contributed by atoms with E-state index in [-0.39, 0.29) is 6.04 Å². The third-order valence-electron chi connectivity index (χ3n) is 4.73. The molecule has 130 valence electrons. The second-order valence-corrected chi connectivity index (χ2v) is 7.26. The molecule has 0 bridgehead atoms. The lowest BCUT2D eigenvalue weighted by Gasteiger charge is -2.35. The Bertz CT molecular complexity index is 915. The molecule has 1 atom stereocenters. The first-order valence-corrected chi connectivity index (χ1v) is 9.52. The van der Waals surface area contributed by atoms with Crippen LogP contribution in [0.1, 0.15) is 27.7 Å². The summed E-state index contributed by atoms with van der Waals surface area (Å²) in [4.78, 5) is 12.4. The van der Waals surface area contributed by atoms with Crippen molar-refractivity contribution in [1.29, 1.82) is 5.26 Å². The maximum Gasteiger partial charge on any atom is 0.182 e. The molecular formula is C20H19N5S. The summed E-state index contributed by atoms with van der Waals surface area (Å²) in [6.07, 6.45) is 4.24. The molecule has 3 aromatic rings. The van der Waals surface area contributed by atoms with Crippen LogP contribution in [0.5, 0.6) is 0 Å². The maximum absolute atomic E-state index is 9.23. The standard InChI is InChI=1S/C20H19N5S/c21-12-17-20(23-9-8-22-17)24-13-18(15-4-2-1-3-5-15)25-10-6-19-16(14-25)7-11-26-19/h1-5,7-9,11,18H,6,10,13-14H2,(H,23,24). The summed E-state index contributed by atoms with van der Waals surface area (Å²) >= 11 is 1.85. The van der Waals surface area contributed by atoms with Crippen LogP contribution >= 0.6 is 11.3 Å². The Hall–Kier alpha value is -2.75. The lowest BCUT2D eigenvalue weighted by Crippen LogP contribution is -2.37. The van der Waals surface area contributed by atoms with E-state index in [1.165, 1.54) is 16.0 Å². The van der Waals surface area contributed by atoms with Crippen LogP contribution in [0, 0.1) is 11.3 Å². The van der Waals surface area contributed by atoms with Gasteiger partial charge in [0.15, 0.2) is 11.5 Å². The second-order valence-electron chi connectivity index (χ2n) is 6.26. The van der Waals surface area contributed by atoms with Gasteiger partial charge < -0.3 is 5.32 Å². The van der Waals surface area contributed by atoms with Gasteiger partial charge in [-0.2, -0.15) is 5.26 Å². The van der Waals surface area contributed by atoms with Crippen molar-refractivity contribution < 1.29 is 0 Å². The second kappa shape index (κ2) is 7.65. The molecule has 1 aromatic carbocycles. The molecule has 4 rings (SSSR count). The van der Waals surface area contributed by atoms with Gasteiger partial charge in [-0.15, -0.1) is 11.3 Å². The Balaban J connectivity index is 1.57. The summed E-state index contributed by atoms with van der Waals surface area (Å²) in [5.74, 6) is 0.546. The molecule has 1 N–H and O–H groups in total. The highest BCUT2D eigenvalue weighted by molar-refractivity contribution is 7.10. The maximum atomic E-state index is 9.23. The van der Waals surface area contributed by atoms with Gasteiger partial charge in [0.2, 0.25) is 0 Å². The van der Waals surface area contributed by atoms with Crippen LogP contribution in [-0.4, -0.2) is 28.0 Å². The van der Waals surface area contributed by atoms with Gasteiger partial charge in [0, 0.05) is 36.9 Å². The number of nitrogens with zero attached hydrogens (tertiary/aromatic N) is 4. The molecule has 0 radical (unpaired) electrons. The van der Waals surface area contributed by atoms with E-state index in [2.05, 4.69) is 62.0 Å². The zero-order valence-corrected chi connectivity index (χ0v) is 15.1. The average molecular weight is 361 g/mol. The largest absolute Gasteiger partial charge is 0.366 e. The molecule has 1 aliphatic rings. The van der Waals surface area contributed by atoms with Crippen molar-refractivity contribution in [2.45, 2.75) is 19.0 Å². The van der Waals surface area contributed by atoms with E-state index in [0.717, 1.165) is 19.5 Å². The Kier molecular flexibility index (Phi) is 4.91. The zero-order valence-electron chi connectivity index (χ0n) is 14.3. The number of anilines is 1. The van der Waals surface area contributed by atoms with Gasteiger partial charge in [0.1, 0.15) is 6.07 Å². The molecule has 0 fully saturated rings. The molecule has 1 aliphatic heterocycles. The molecule has 0 spiro atoms. The number of thiophene rings is 1. The minimum absolute atomic E-state index is 0.206. The van der Waals surface area contributed by atoms with Gasteiger partial charge in [-0.3, -0.25) is 4.90 Å². The lowest BCUT2D eigenvalue weighted by molar-refractivity contribution is 0.188. The highest BCUT2D eigenvalue weighted by Crippen LogP contribution is 2.30. The van der Waals surface area contributed by atoms with Crippen molar-refractivity contribution >= 4 is 17.2 Å². The van der Waals surface area contributed by atoms with Gasteiger partial charge in [-0.1, -0.05) is 30.3 Å². The molecule has 0 saturated carbocycles. The van der Waals surface area contributed by atoms with Crippen LogP contribution in [0.3, 0.4) is 0 Å². The average Bonchev–Trinajstić information content (AvgIpc) is 3.17. The van der Waals surface area contributed by atoms with Crippen molar-refractivity contribution in [3.63, 3.8) is 0 Å². The molecule has 26 heavy (non-hydrogen) atoms. The Morgan fingerprint density at radius 2 is 2.04 bits per heavy atom. The van der Waals surface area contributed by atoms with Crippen molar-refractivity contribution in [2.75, 3.05) is 18.4 Å². The summed E-state index contributed by atoms with van der Waals surface area (Å²) in [7, 11) is 0. The Morgan fingerprint density at radius 3 is 2.88 bits per heavy atom. The van der Waals surface area contributed by atoms with E-state index < -0.39 is 0 Å². The minimum atomic E-state index is 0.206. The molecule has 0 aliphatic carbocycles. The predicted octanol–water partition coefficient (Wildman–Crippen LogP) is 3.62. The smallest absolute Gasteiger partial charge is 0.182 e. The predicted molar refractivity (Wildman–Crippen MR) is 103 cm³/mol. The lowest BCUT2D eigenvalue weighted by atomic mass is 10.0. The summed E-state index contributed by atoms with van der Waals surface area (Å²) in [6.45, 7) is 2.66. The molecule has 2 aromatic heterocycles. The molecule has 0 amide bonds. The number of nitrogens with one attached hydrogen (secondary N) is 1. The summed E-state index contributed by atoms with van der Waals surface area (Å²) < 4.78 is 0. The van der Waals surface area contributed by atoms with Gasteiger partial charge in [0.05, 0.1) is 6.04 Å². The number of fused-ring (bicyclic) bond motifs is 1. The van der Waals surface area contributed by atoms with E-state index in [9.17, 15) is 5.26 Å². The topological polar surface area (TPSA) is 64.8 Å². The van der Waals surface area contributed by atoms with E-state index in [4.69, 9.17) is 0 Å². The first-order chi connectivity index (χ1) is 12.8. The highest BCUT2D eigenvalue weighted by atomic mass is 32.1. The Labute approximate surface area is 157 Å². The third kappa shape index (κ3) is 3.45. The van der Waals surface area contributed by atoms with Crippen LogP contribution in [0.15, 0.2) is 54.2 Å². The van der Waals surface area contributed by atoms with Crippen LogP contribution in [-0.2, 0) is 13.0 Å². The van der Waals surface area contributed by atoms with E-state index in [1.54, 1.807) is 12.4 Å². The molecular weight excluding hydrogens is 342 g/mol. The SMILES string of the molecule is N#Cc1nccnc1NCC(c1ccccc1)N1CCc2sccc2C1. The van der Waals surface area contributed by atoms with Crippen molar-refractivity contribution in [2.24, 2.45) is 0 Å². The van der Waals surface area contributed by atoms with Gasteiger partial charge in [-0.25, -0.2) is 9.97 Å². The molecule has 0 saturated heterocycles. The number of rotatable bonds is 5. The van der Waals surface area contributed by atoms with Crippen LogP contribution in [0.2, 0.25) is 0 Å². The highest BCUT2D eigenvalue weighted by Gasteiger charge is 2.25. The molecule has 5 nitrogen and oxygen atoms in total. The van der Waals surface area contributed by atoms with Gasteiger partial charge in [0.25, 0.3) is 0 Å². The van der Waals surface area contributed by atoms with E-state index in [0.29, 0.717) is 18.1 Å². The summed E-state index contributed by atoms with van der Waals surface area (Å²) in [5.41, 5.74) is 3.03. The number of hydrogen-bond donors (Lipinski definition) is 1. The number of hydrogen-bond acceptors (Lipinski definition) is 6. The van der Waals surface area contributed by atoms with E-state index in [1.807, 2.05) is 17.4 Å². The van der Waals surface area contributed by atoms with Gasteiger partial charge >= 0.3 is 0 Å². The first kappa shape index (κ1) is 16.7. The Morgan fingerprint density at radius 1 is 1.19 bits per heavy atom. The fourth-order valence-corrected chi connectivity index (χ4v) is 4.30. The normalized spacial score (nSPS) is 15.0. The van der Waals surface area contributed by atoms with Crippen molar-refractivity contribution in [1.82, 2.24) is 14.9 Å². The van der Waals surface area contributed by atoms with Crippen LogP contribution < -0.4 is 5.32 Å². The number of benzene rings is 1.